The zero-order valence-corrected chi connectivity index (χ0v) is 6.17. The maximum atomic E-state index is 10.5. The highest BCUT2D eigenvalue weighted by Crippen LogP contribution is 1.92. The third kappa shape index (κ3) is 0.992. The minimum atomic E-state index is -0.0957. The lowest BCUT2D eigenvalue weighted by atomic mass is 11.5. The van der Waals surface area contributed by atoms with Crippen LogP contribution in [0, 0.1) is 0 Å². The molecular weight excluding hydrogens is 163 g/mol. The summed E-state index contributed by atoms with van der Waals surface area (Å²) in [7, 11) is 0.465. The van der Waals surface area contributed by atoms with E-state index < -0.39 is 0 Å². The number of hydrogen-bond donors (Lipinski definition) is 0. The molecule has 1 aromatic heterocycles. The monoisotopic (exact) mass is 164 g/mol. The lowest BCUT2D eigenvalue weighted by molar-refractivity contribution is 0.978. The molecule has 0 aromatic carbocycles. The number of aromatic nitrogens is 2. The fourth-order valence-corrected chi connectivity index (χ4v) is 1.63. The molecular formula is C2HN2OPS2. The Hall–Kier alpha value is -0.120. The molecule has 6 heteroatoms. The smallest absolute Gasteiger partial charge is 0.254 e. The quantitative estimate of drug-likeness (QED) is 0.566. The average Bonchev–Trinajstić information content (AvgIpc) is 2.14. The van der Waals surface area contributed by atoms with Crippen molar-refractivity contribution in [2.24, 2.45) is 0 Å². The van der Waals surface area contributed by atoms with Crippen LogP contribution < -0.4 is 4.87 Å². The van der Waals surface area contributed by atoms with Gasteiger partial charge in [0.25, 0.3) is 0 Å². The van der Waals surface area contributed by atoms with Crippen molar-refractivity contribution >= 4 is 30.7 Å². The van der Waals surface area contributed by atoms with Crippen molar-refractivity contribution in [3.63, 3.8) is 0 Å². The summed E-state index contributed by atoms with van der Waals surface area (Å²) >= 11 is 5.59. The molecule has 3 nitrogen and oxygen atoms in total. The summed E-state index contributed by atoms with van der Waals surface area (Å²) in [4.78, 5) is 10.4. The molecule has 0 fully saturated rings. The molecule has 0 unspecified atom stereocenters. The van der Waals surface area contributed by atoms with Gasteiger partial charge in [0.1, 0.15) is 13.0 Å². The zero-order chi connectivity index (χ0) is 5.98. The van der Waals surface area contributed by atoms with Gasteiger partial charge in [-0.05, 0) is 11.8 Å². The van der Waals surface area contributed by atoms with Gasteiger partial charge in [0.2, 0.25) is 0 Å². The minimum Gasteiger partial charge on any atom is -0.254 e. The standard InChI is InChI=1S/C2HN2OPS2/c5-2-4(6-7)3-1-8-2/h1H. The predicted octanol–water partition coefficient (Wildman–Crippen LogP) is 0.476. The summed E-state index contributed by atoms with van der Waals surface area (Å²) in [6.45, 7) is 0. The largest absolute Gasteiger partial charge is 0.333 e. The highest BCUT2D eigenvalue weighted by Gasteiger charge is 1.89. The number of hydrogen-bond acceptors (Lipinski definition) is 4. The average molecular weight is 164 g/mol. The van der Waals surface area contributed by atoms with Gasteiger partial charge in [0, 0.05) is 0 Å². The third-order valence-corrected chi connectivity index (χ3v) is 2.16. The van der Waals surface area contributed by atoms with E-state index in [1.165, 1.54) is 9.96 Å². The highest BCUT2D eigenvalue weighted by molar-refractivity contribution is 7.95. The van der Waals surface area contributed by atoms with Crippen LogP contribution in [0.2, 0.25) is 0 Å². The highest BCUT2D eigenvalue weighted by atomic mass is 32.4. The molecule has 8 heavy (non-hydrogen) atoms. The summed E-state index contributed by atoms with van der Waals surface area (Å²) in [5.74, 6) is 0. The van der Waals surface area contributed by atoms with Gasteiger partial charge in [0.05, 0.1) is 0 Å². The van der Waals surface area contributed by atoms with Crippen molar-refractivity contribution in [1.82, 2.24) is 9.55 Å². The van der Waals surface area contributed by atoms with Crippen molar-refractivity contribution in [3.05, 3.63) is 15.2 Å². The van der Waals surface area contributed by atoms with Crippen LogP contribution in [0.15, 0.2) is 10.3 Å². The lowest BCUT2D eigenvalue weighted by Crippen LogP contribution is -2.02. The van der Waals surface area contributed by atoms with E-state index in [-0.39, 0.29) is 4.87 Å². The summed E-state index contributed by atoms with van der Waals surface area (Å²) in [5, 5.41) is 3.64. The van der Waals surface area contributed by atoms with Crippen LogP contribution in [0.5, 0.6) is 0 Å². The van der Waals surface area contributed by atoms with Crippen molar-refractivity contribution in [3.8, 4) is 0 Å². The Labute approximate surface area is 55.9 Å². The van der Waals surface area contributed by atoms with Gasteiger partial charge in [-0.2, -0.15) is 9.55 Å². The molecule has 0 saturated carbocycles. The van der Waals surface area contributed by atoms with Crippen molar-refractivity contribution < 1.29 is 0 Å². The Morgan fingerprint density at radius 3 is 3.00 bits per heavy atom. The van der Waals surface area contributed by atoms with Crippen molar-refractivity contribution in [2.45, 2.75) is 0 Å². The van der Waals surface area contributed by atoms with Crippen LogP contribution in [-0.2, 0) is 11.8 Å². The van der Waals surface area contributed by atoms with Gasteiger partial charge in [0.15, 0.2) is 0 Å². The Morgan fingerprint density at radius 2 is 2.75 bits per heavy atom. The van der Waals surface area contributed by atoms with Crippen LogP contribution in [-0.4, -0.2) is 9.55 Å². The first-order valence-electron chi connectivity index (χ1n) is 1.71. The second-order valence-corrected chi connectivity index (χ2v) is 2.80. The molecule has 1 heterocycles. The van der Waals surface area contributed by atoms with E-state index >= 15 is 0 Å². The normalized spacial score (nSPS) is 10.0. The van der Waals surface area contributed by atoms with Crippen LogP contribution in [0.25, 0.3) is 0 Å². The SMILES string of the molecule is O=c1scnn1P=S. The first kappa shape index (κ1) is 6.01. The first-order valence-corrected chi connectivity index (χ1v) is 4.45. The molecule has 0 radical (unpaired) electrons. The molecule has 0 amide bonds. The van der Waals surface area contributed by atoms with Crippen LogP contribution in [0.1, 0.15) is 0 Å². The number of rotatable bonds is 1. The molecule has 42 valence electrons. The summed E-state index contributed by atoms with van der Waals surface area (Å²) in [5.41, 5.74) is 1.47. The van der Waals surface area contributed by atoms with E-state index in [9.17, 15) is 4.79 Å². The van der Waals surface area contributed by atoms with Gasteiger partial charge in [-0.3, -0.25) is 4.79 Å². The van der Waals surface area contributed by atoms with Crippen molar-refractivity contribution in [2.75, 3.05) is 0 Å². The molecule has 1 rings (SSSR count). The van der Waals surface area contributed by atoms with E-state index in [4.69, 9.17) is 0 Å². The van der Waals surface area contributed by atoms with Crippen LogP contribution in [0.4, 0.5) is 0 Å². The molecule has 0 bridgehead atoms. The van der Waals surface area contributed by atoms with E-state index in [0.717, 1.165) is 11.3 Å². The summed E-state index contributed by atoms with van der Waals surface area (Å²) < 4.78 is 1.21. The molecule has 0 N–H and O–H groups in total. The minimum absolute atomic E-state index is 0.0957. The van der Waals surface area contributed by atoms with Gasteiger partial charge < -0.3 is 0 Å². The molecule has 0 spiro atoms. The molecule has 0 aliphatic carbocycles. The molecule has 0 aliphatic heterocycles. The summed E-state index contributed by atoms with van der Waals surface area (Å²) in [6, 6.07) is 0. The van der Waals surface area contributed by atoms with Gasteiger partial charge in [-0.1, -0.05) is 11.3 Å². The van der Waals surface area contributed by atoms with E-state index in [1.807, 2.05) is 0 Å². The molecule has 0 aliphatic rings. The maximum Gasteiger partial charge on any atom is 0.333 e. The summed E-state index contributed by atoms with van der Waals surface area (Å²) in [6.07, 6.45) is 0. The second-order valence-electron chi connectivity index (χ2n) is 0.976. The lowest BCUT2D eigenvalue weighted by Gasteiger charge is -1.74. The maximum absolute atomic E-state index is 10.5. The Balaban J connectivity index is 3.30. The Bertz CT molecular complexity index is 240. The second kappa shape index (κ2) is 2.44. The Kier molecular flexibility index (Phi) is 1.83. The third-order valence-electron chi connectivity index (χ3n) is 0.551. The van der Waals surface area contributed by atoms with Gasteiger partial charge in [-0.25, -0.2) is 0 Å². The van der Waals surface area contributed by atoms with Crippen LogP contribution >= 0.6 is 18.8 Å². The van der Waals surface area contributed by atoms with Gasteiger partial charge in [-0.15, -0.1) is 0 Å². The predicted molar refractivity (Wildman–Crippen MR) is 36.1 cm³/mol. The van der Waals surface area contributed by atoms with Gasteiger partial charge >= 0.3 is 4.87 Å². The fourth-order valence-electron chi connectivity index (χ4n) is 0.262. The fraction of sp³-hybridized carbons (Fsp3) is 0. The Morgan fingerprint density at radius 1 is 2.00 bits per heavy atom. The van der Waals surface area contributed by atoms with E-state index in [1.54, 1.807) is 0 Å². The first-order chi connectivity index (χ1) is 3.84. The number of nitrogens with zero attached hydrogens (tertiary/aromatic N) is 2. The molecule has 0 atom stereocenters. The molecule has 0 saturated heterocycles. The van der Waals surface area contributed by atoms with Crippen molar-refractivity contribution in [1.29, 1.82) is 0 Å². The van der Waals surface area contributed by atoms with Crippen LogP contribution in [0.3, 0.4) is 0 Å². The molecule has 1 aromatic rings. The van der Waals surface area contributed by atoms with E-state index in [0.29, 0.717) is 7.51 Å². The zero-order valence-electron chi connectivity index (χ0n) is 3.64. The van der Waals surface area contributed by atoms with E-state index in [2.05, 4.69) is 16.9 Å². The topological polar surface area (TPSA) is 34.9 Å².